The predicted molar refractivity (Wildman–Crippen MR) is 64.7 cm³/mol. The highest BCUT2D eigenvalue weighted by molar-refractivity contribution is 4.97. The molecule has 2 unspecified atom stereocenters. The van der Waals surface area contributed by atoms with E-state index in [2.05, 4.69) is 19.2 Å². The average Bonchev–Trinajstić information content (AvgIpc) is 2.86. The van der Waals surface area contributed by atoms with Gasteiger partial charge in [0.1, 0.15) is 0 Å². The van der Waals surface area contributed by atoms with Crippen molar-refractivity contribution in [1.82, 2.24) is 5.32 Å². The zero-order valence-electron chi connectivity index (χ0n) is 10.3. The molecule has 0 saturated heterocycles. The Morgan fingerprint density at radius 1 is 1.33 bits per heavy atom. The Hall–Kier alpha value is -0.0800. The molecule has 0 aromatic rings. The second-order valence-corrected chi connectivity index (χ2v) is 6.09. The average molecular weight is 210 g/mol. The summed E-state index contributed by atoms with van der Waals surface area (Å²) in [7, 11) is 0. The first kappa shape index (κ1) is 11.4. The van der Waals surface area contributed by atoms with E-state index in [-0.39, 0.29) is 0 Å². The van der Waals surface area contributed by atoms with Crippen LogP contribution in [-0.2, 0) is 0 Å². The van der Waals surface area contributed by atoms with Crippen LogP contribution in [0.2, 0.25) is 0 Å². The second kappa shape index (κ2) is 4.42. The Kier molecular flexibility index (Phi) is 3.36. The lowest BCUT2D eigenvalue weighted by Gasteiger charge is -2.21. The van der Waals surface area contributed by atoms with Crippen LogP contribution in [0.1, 0.15) is 46.0 Å². The van der Waals surface area contributed by atoms with Gasteiger partial charge in [0.25, 0.3) is 0 Å². The molecule has 2 atom stereocenters. The minimum absolute atomic E-state index is 0.483. The van der Waals surface area contributed by atoms with Gasteiger partial charge in [-0.15, -0.1) is 0 Å². The minimum atomic E-state index is 0.483. The minimum Gasteiger partial charge on any atom is -0.328 e. The van der Waals surface area contributed by atoms with Crippen LogP contribution in [0, 0.1) is 17.3 Å². The zero-order chi connectivity index (χ0) is 10.9. The van der Waals surface area contributed by atoms with Gasteiger partial charge in [-0.1, -0.05) is 13.8 Å². The first-order chi connectivity index (χ1) is 7.12. The molecule has 0 aromatic carbocycles. The lowest BCUT2D eigenvalue weighted by molar-refractivity contribution is 0.326. The van der Waals surface area contributed by atoms with Crippen molar-refractivity contribution in [3.8, 4) is 0 Å². The first-order valence-electron chi connectivity index (χ1n) is 6.59. The van der Waals surface area contributed by atoms with Gasteiger partial charge in [-0.3, -0.25) is 0 Å². The van der Waals surface area contributed by atoms with E-state index in [1.54, 1.807) is 0 Å². The van der Waals surface area contributed by atoms with E-state index in [0.717, 1.165) is 11.8 Å². The van der Waals surface area contributed by atoms with Crippen LogP contribution in [0.4, 0.5) is 0 Å². The van der Waals surface area contributed by atoms with Gasteiger partial charge in [-0.25, -0.2) is 0 Å². The maximum absolute atomic E-state index is 5.92. The lowest BCUT2D eigenvalue weighted by Crippen LogP contribution is -2.31. The van der Waals surface area contributed by atoms with Crippen LogP contribution in [0.25, 0.3) is 0 Å². The summed E-state index contributed by atoms with van der Waals surface area (Å²) in [4.78, 5) is 0. The van der Waals surface area contributed by atoms with E-state index in [1.807, 2.05) is 0 Å². The number of hydrogen-bond donors (Lipinski definition) is 2. The molecule has 0 spiro atoms. The Labute approximate surface area is 94.0 Å². The third kappa shape index (κ3) is 2.73. The molecular formula is C13H26N2. The van der Waals surface area contributed by atoms with Gasteiger partial charge in [0.15, 0.2) is 0 Å². The molecule has 2 fully saturated rings. The van der Waals surface area contributed by atoms with E-state index >= 15 is 0 Å². The van der Waals surface area contributed by atoms with Gasteiger partial charge in [0, 0.05) is 12.6 Å². The molecule has 0 heterocycles. The van der Waals surface area contributed by atoms with Crippen molar-refractivity contribution >= 4 is 0 Å². The Bertz CT molecular complexity index is 209. The van der Waals surface area contributed by atoms with Crippen molar-refractivity contribution in [2.75, 3.05) is 13.1 Å². The van der Waals surface area contributed by atoms with Crippen molar-refractivity contribution in [3.63, 3.8) is 0 Å². The van der Waals surface area contributed by atoms with Gasteiger partial charge < -0.3 is 11.1 Å². The second-order valence-electron chi connectivity index (χ2n) is 6.09. The van der Waals surface area contributed by atoms with Gasteiger partial charge in [-0.2, -0.15) is 0 Å². The topological polar surface area (TPSA) is 38.0 Å². The molecule has 0 radical (unpaired) electrons. The largest absolute Gasteiger partial charge is 0.328 e. The molecule has 2 rings (SSSR count). The van der Waals surface area contributed by atoms with Crippen LogP contribution in [-0.4, -0.2) is 19.1 Å². The Morgan fingerprint density at radius 3 is 2.53 bits per heavy atom. The SMILES string of the molecule is CC(C)C1(CNCC2CCC(N)C2)CC1. The number of hydrogen-bond acceptors (Lipinski definition) is 2. The molecule has 2 saturated carbocycles. The molecule has 0 bridgehead atoms. The fourth-order valence-corrected chi connectivity index (χ4v) is 2.94. The van der Waals surface area contributed by atoms with E-state index in [4.69, 9.17) is 5.73 Å². The van der Waals surface area contributed by atoms with E-state index in [9.17, 15) is 0 Å². The fourth-order valence-electron chi connectivity index (χ4n) is 2.94. The van der Waals surface area contributed by atoms with Crippen LogP contribution in [0.3, 0.4) is 0 Å². The highest BCUT2D eigenvalue weighted by Crippen LogP contribution is 2.51. The van der Waals surface area contributed by atoms with Gasteiger partial charge in [-0.05, 0) is 55.9 Å². The van der Waals surface area contributed by atoms with Gasteiger partial charge in [0.05, 0.1) is 0 Å². The van der Waals surface area contributed by atoms with Crippen molar-refractivity contribution in [1.29, 1.82) is 0 Å². The normalized spacial score (nSPS) is 33.6. The summed E-state index contributed by atoms with van der Waals surface area (Å²) in [6.45, 7) is 7.15. The molecule has 0 aromatic heterocycles. The molecule has 2 aliphatic carbocycles. The highest BCUT2D eigenvalue weighted by atomic mass is 14.9. The predicted octanol–water partition coefficient (Wildman–Crippen LogP) is 2.14. The highest BCUT2D eigenvalue weighted by Gasteiger charge is 2.44. The van der Waals surface area contributed by atoms with Crippen LogP contribution in [0.5, 0.6) is 0 Å². The van der Waals surface area contributed by atoms with Gasteiger partial charge in [0.2, 0.25) is 0 Å². The van der Waals surface area contributed by atoms with Crippen molar-refractivity contribution in [2.45, 2.75) is 52.0 Å². The Morgan fingerprint density at radius 2 is 2.07 bits per heavy atom. The van der Waals surface area contributed by atoms with Crippen LogP contribution < -0.4 is 11.1 Å². The number of nitrogens with one attached hydrogen (secondary N) is 1. The molecule has 15 heavy (non-hydrogen) atoms. The summed E-state index contributed by atoms with van der Waals surface area (Å²) in [5.74, 6) is 1.69. The smallest absolute Gasteiger partial charge is 0.00420 e. The summed E-state index contributed by atoms with van der Waals surface area (Å²) >= 11 is 0. The van der Waals surface area contributed by atoms with Crippen molar-refractivity contribution in [3.05, 3.63) is 0 Å². The monoisotopic (exact) mass is 210 g/mol. The molecule has 2 nitrogen and oxygen atoms in total. The van der Waals surface area contributed by atoms with Crippen molar-refractivity contribution < 1.29 is 0 Å². The zero-order valence-corrected chi connectivity index (χ0v) is 10.3. The number of rotatable bonds is 5. The van der Waals surface area contributed by atoms with Crippen molar-refractivity contribution in [2.24, 2.45) is 23.0 Å². The number of nitrogens with two attached hydrogens (primary N) is 1. The van der Waals surface area contributed by atoms with E-state index in [0.29, 0.717) is 11.5 Å². The summed E-state index contributed by atoms with van der Waals surface area (Å²) in [5.41, 5.74) is 6.57. The molecule has 0 amide bonds. The summed E-state index contributed by atoms with van der Waals surface area (Å²) in [6.07, 6.45) is 6.68. The van der Waals surface area contributed by atoms with Crippen LogP contribution >= 0.6 is 0 Å². The molecule has 88 valence electrons. The maximum atomic E-state index is 5.92. The van der Waals surface area contributed by atoms with E-state index < -0.39 is 0 Å². The molecule has 2 heteroatoms. The first-order valence-corrected chi connectivity index (χ1v) is 6.59. The molecule has 0 aliphatic heterocycles. The lowest BCUT2D eigenvalue weighted by atomic mass is 9.92. The summed E-state index contributed by atoms with van der Waals surface area (Å²) < 4.78 is 0. The molecule has 2 aliphatic rings. The van der Waals surface area contributed by atoms with Crippen LogP contribution in [0.15, 0.2) is 0 Å². The third-order valence-corrected chi connectivity index (χ3v) is 4.61. The summed E-state index contributed by atoms with van der Waals surface area (Å²) in [6, 6.07) is 0.483. The maximum Gasteiger partial charge on any atom is 0.00420 e. The third-order valence-electron chi connectivity index (χ3n) is 4.61. The Balaban J connectivity index is 1.63. The fraction of sp³-hybridized carbons (Fsp3) is 1.00. The molecule has 3 N–H and O–H groups in total. The van der Waals surface area contributed by atoms with Gasteiger partial charge >= 0.3 is 0 Å². The summed E-state index contributed by atoms with van der Waals surface area (Å²) in [5, 5.41) is 3.68. The quantitative estimate of drug-likeness (QED) is 0.729. The van der Waals surface area contributed by atoms with E-state index in [1.165, 1.54) is 45.2 Å². The molecular weight excluding hydrogens is 184 g/mol. The standard InChI is InChI=1S/C13H26N2/c1-10(2)13(5-6-13)9-15-8-11-3-4-12(14)7-11/h10-12,15H,3-9,14H2,1-2H3.